The molecular formula is C10H20BrNO4. The molecule has 0 aliphatic heterocycles. The summed E-state index contributed by atoms with van der Waals surface area (Å²) in [5.74, 6) is -0.743. The van der Waals surface area contributed by atoms with E-state index in [2.05, 4.69) is 4.74 Å². The maximum Gasteiger partial charge on any atom is 0.309 e. The van der Waals surface area contributed by atoms with Gasteiger partial charge in [-0.1, -0.05) is 0 Å². The fourth-order valence-electron chi connectivity index (χ4n) is 1.26. The van der Waals surface area contributed by atoms with E-state index in [1.807, 2.05) is 21.1 Å². The molecule has 1 atom stereocenters. The number of methoxy groups -OCH3 is 1. The van der Waals surface area contributed by atoms with E-state index >= 15 is 0 Å². The van der Waals surface area contributed by atoms with Gasteiger partial charge in [0.25, 0.3) is 0 Å². The number of quaternary nitrogens is 1. The number of esters is 2. The van der Waals surface area contributed by atoms with Crippen LogP contribution < -0.4 is 17.0 Å². The number of nitrogens with zero attached hydrogens (tertiary/aromatic N) is 1. The van der Waals surface area contributed by atoms with Gasteiger partial charge >= 0.3 is 11.9 Å². The Bertz CT molecular complexity index is 237. The highest BCUT2D eigenvalue weighted by atomic mass is 79.9. The second-order valence-electron chi connectivity index (χ2n) is 4.48. The Hall–Kier alpha value is -0.620. The SMILES string of the molecule is COC(=O)CC(C[N+](C)(C)C)OC(C)=O.[Br-]. The van der Waals surface area contributed by atoms with Crippen LogP contribution in [0.5, 0.6) is 0 Å². The van der Waals surface area contributed by atoms with Crippen LogP contribution in [0.25, 0.3) is 0 Å². The lowest BCUT2D eigenvalue weighted by Crippen LogP contribution is -3.00. The minimum Gasteiger partial charge on any atom is -1.00 e. The first-order chi connectivity index (χ1) is 6.74. The quantitative estimate of drug-likeness (QED) is 0.406. The van der Waals surface area contributed by atoms with Crippen LogP contribution in [0.3, 0.4) is 0 Å². The third kappa shape index (κ3) is 9.92. The molecule has 0 aromatic rings. The van der Waals surface area contributed by atoms with Gasteiger partial charge in [-0.2, -0.15) is 0 Å². The lowest BCUT2D eigenvalue weighted by molar-refractivity contribution is -0.873. The summed E-state index contributed by atoms with van der Waals surface area (Å²) in [5, 5.41) is 0. The van der Waals surface area contributed by atoms with Gasteiger partial charge in [0.2, 0.25) is 0 Å². The zero-order valence-corrected chi connectivity index (χ0v) is 12.0. The van der Waals surface area contributed by atoms with E-state index in [1.165, 1.54) is 14.0 Å². The van der Waals surface area contributed by atoms with E-state index in [4.69, 9.17) is 4.74 Å². The van der Waals surface area contributed by atoms with E-state index in [0.29, 0.717) is 11.0 Å². The van der Waals surface area contributed by atoms with Crippen molar-refractivity contribution in [2.24, 2.45) is 0 Å². The topological polar surface area (TPSA) is 52.6 Å². The lowest BCUT2D eigenvalue weighted by atomic mass is 10.2. The Kier molecular flexibility index (Phi) is 8.46. The van der Waals surface area contributed by atoms with Gasteiger partial charge in [-0.05, 0) is 0 Å². The van der Waals surface area contributed by atoms with Crippen molar-refractivity contribution in [3.63, 3.8) is 0 Å². The fourth-order valence-corrected chi connectivity index (χ4v) is 1.26. The van der Waals surface area contributed by atoms with Gasteiger partial charge < -0.3 is 30.9 Å². The van der Waals surface area contributed by atoms with Crippen molar-refractivity contribution in [2.75, 3.05) is 34.8 Å². The van der Waals surface area contributed by atoms with Gasteiger partial charge in [-0.25, -0.2) is 0 Å². The van der Waals surface area contributed by atoms with E-state index in [-0.39, 0.29) is 35.3 Å². The number of carbonyl (C=O) groups excluding carboxylic acids is 2. The molecule has 0 radical (unpaired) electrons. The van der Waals surface area contributed by atoms with Crippen LogP contribution in [0.4, 0.5) is 0 Å². The fraction of sp³-hybridized carbons (Fsp3) is 0.800. The largest absolute Gasteiger partial charge is 1.00 e. The van der Waals surface area contributed by atoms with Crippen molar-refractivity contribution in [1.29, 1.82) is 0 Å². The molecule has 0 aromatic heterocycles. The molecule has 0 rings (SSSR count). The van der Waals surface area contributed by atoms with E-state index in [1.54, 1.807) is 0 Å². The summed E-state index contributed by atoms with van der Waals surface area (Å²) >= 11 is 0. The van der Waals surface area contributed by atoms with Gasteiger partial charge in [-0.3, -0.25) is 9.59 Å². The number of carbonyl (C=O) groups is 2. The summed E-state index contributed by atoms with van der Waals surface area (Å²) in [7, 11) is 7.22. The third-order valence-electron chi connectivity index (χ3n) is 1.71. The normalized spacial score (nSPS) is 12.3. The van der Waals surface area contributed by atoms with Gasteiger partial charge in [0.1, 0.15) is 6.54 Å². The third-order valence-corrected chi connectivity index (χ3v) is 1.71. The van der Waals surface area contributed by atoms with Crippen molar-refractivity contribution in [2.45, 2.75) is 19.4 Å². The molecule has 0 aromatic carbocycles. The van der Waals surface area contributed by atoms with Crippen LogP contribution in [0.1, 0.15) is 13.3 Å². The number of likely N-dealkylation sites (N-methyl/N-ethyl adjacent to an activating group) is 1. The minimum absolute atomic E-state index is 0. The average molecular weight is 298 g/mol. The number of hydrogen-bond acceptors (Lipinski definition) is 4. The smallest absolute Gasteiger partial charge is 0.309 e. The van der Waals surface area contributed by atoms with Gasteiger partial charge in [0, 0.05) is 6.92 Å². The predicted molar refractivity (Wildman–Crippen MR) is 55.1 cm³/mol. The second kappa shape index (κ2) is 7.62. The van der Waals surface area contributed by atoms with Crippen molar-refractivity contribution >= 4 is 11.9 Å². The lowest BCUT2D eigenvalue weighted by Gasteiger charge is -2.28. The summed E-state index contributed by atoms with van der Waals surface area (Å²) in [5.41, 5.74) is 0. The van der Waals surface area contributed by atoms with Crippen LogP contribution >= 0.6 is 0 Å². The van der Waals surface area contributed by atoms with Crippen LogP contribution in [-0.2, 0) is 19.1 Å². The van der Waals surface area contributed by atoms with Crippen molar-refractivity contribution in [3.05, 3.63) is 0 Å². The highest BCUT2D eigenvalue weighted by Crippen LogP contribution is 2.06. The van der Waals surface area contributed by atoms with Crippen molar-refractivity contribution in [1.82, 2.24) is 0 Å². The van der Waals surface area contributed by atoms with E-state index in [0.717, 1.165) is 0 Å². The first kappa shape index (κ1) is 17.8. The zero-order chi connectivity index (χ0) is 12.1. The van der Waals surface area contributed by atoms with E-state index in [9.17, 15) is 9.59 Å². The summed E-state index contributed by atoms with van der Waals surface area (Å²) < 4.78 is 10.2. The predicted octanol–water partition coefficient (Wildman–Crippen LogP) is -2.81. The Morgan fingerprint density at radius 1 is 1.25 bits per heavy atom. The first-order valence-corrected chi connectivity index (χ1v) is 4.79. The van der Waals surface area contributed by atoms with Crippen molar-refractivity contribution in [3.8, 4) is 0 Å². The highest BCUT2D eigenvalue weighted by Gasteiger charge is 2.24. The van der Waals surface area contributed by atoms with Crippen LogP contribution in [0, 0.1) is 0 Å². The molecular weight excluding hydrogens is 278 g/mol. The van der Waals surface area contributed by atoms with E-state index < -0.39 is 6.10 Å². The molecule has 96 valence electrons. The maximum absolute atomic E-state index is 11.1. The summed E-state index contributed by atoms with van der Waals surface area (Å²) in [4.78, 5) is 21.9. The molecule has 0 saturated carbocycles. The number of ether oxygens (including phenoxy) is 2. The van der Waals surface area contributed by atoms with Crippen LogP contribution in [0.15, 0.2) is 0 Å². The van der Waals surface area contributed by atoms with Crippen LogP contribution in [0.2, 0.25) is 0 Å². The van der Waals surface area contributed by atoms with Crippen molar-refractivity contribution < 1.29 is 40.5 Å². The molecule has 1 unspecified atom stereocenters. The first-order valence-electron chi connectivity index (χ1n) is 4.79. The highest BCUT2D eigenvalue weighted by molar-refractivity contribution is 5.71. The number of halogens is 1. The molecule has 0 fully saturated rings. The van der Waals surface area contributed by atoms with Gasteiger partial charge in [-0.15, -0.1) is 0 Å². The molecule has 0 bridgehead atoms. The molecule has 16 heavy (non-hydrogen) atoms. The minimum atomic E-state index is -0.421. The van der Waals surface area contributed by atoms with Crippen LogP contribution in [-0.4, -0.2) is 57.3 Å². The summed E-state index contributed by atoms with van der Waals surface area (Å²) in [6.45, 7) is 1.91. The van der Waals surface area contributed by atoms with Gasteiger partial charge in [0.05, 0.1) is 34.7 Å². The van der Waals surface area contributed by atoms with Gasteiger partial charge in [0.15, 0.2) is 6.10 Å². The molecule has 0 aliphatic rings. The zero-order valence-electron chi connectivity index (χ0n) is 10.4. The Morgan fingerprint density at radius 3 is 2.06 bits per heavy atom. The molecule has 0 amide bonds. The summed E-state index contributed by atoms with van der Waals surface area (Å²) in [6.07, 6.45) is -0.319. The molecule has 0 spiro atoms. The standard InChI is InChI=1S/C10H20NO4.BrH/c1-8(12)15-9(6-10(13)14-5)7-11(2,3)4;/h9H,6-7H2,1-5H3;1H/q+1;/p-1. The molecule has 0 heterocycles. The average Bonchev–Trinajstić information content (AvgIpc) is 1.99. The molecule has 0 N–H and O–H groups in total. The maximum atomic E-state index is 11.1. The molecule has 5 nitrogen and oxygen atoms in total. The second-order valence-corrected chi connectivity index (χ2v) is 4.48. The molecule has 0 saturated heterocycles. The molecule has 0 aliphatic carbocycles. The summed E-state index contributed by atoms with van der Waals surface area (Å²) in [6, 6.07) is 0. The Balaban J connectivity index is 0. The number of hydrogen-bond donors (Lipinski definition) is 0. The monoisotopic (exact) mass is 297 g/mol. The Labute approximate surface area is 107 Å². The number of rotatable bonds is 5. The Morgan fingerprint density at radius 2 is 1.75 bits per heavy atom. The molecule has 6 heteroatoms.